The second-order valence-corrected chi connectivity index (χ2v) is 2.74. The molecule has 0 unspecified atom stereocenters. The normalized spacial score (nSPS) is 10.8. The Labute approximate surface area is 77.1 Å². The van der Waals surface area contributed by atoms with Crippen LogP contribution >= 0.6 is 11.6 Å². The van der Waals surface area contributed by atoms with Gasteiger partial charge in [0.15, 0.2) is 0 Å². The van der Waals surface area contributed by atoms with Crippen molar-refractivity contribution in [3.05, 3.63) is 30.0 Å². The van der Waals surface area contributed by atoms with Gasteiger partial charge in [-0.3, -0.25) is 0 Å². The minimum Gasteiger partial charge on any atom is -0.383 e. The van der Waals surface area contributed by atoms with Crippen molar-refractivity contribution in [2.24, 2.45) is 0 Å². The lowest BCUT2D eigenvalue weighted by Gasteiger charge is -1.96. The van der Waals surface area contributed by atoms with Crippen LogP contribution < -0.4 is 5.73 Å². The molecule has 1 rings (SSSR count). The Hall–Kier alpha value is -1.02. The Morgan fingerprint density at radius 3 is 3.08 bits per heavy atom. The molecule has 3 heteroatoms. The van der Waals surface area contributed by atoms with E-state index in [1.54, 1.807) is 6.20 Å². The lowest BCUT2D eigenvalue weighted by molar-refractivity contribution is 1.24. The van der Waals surface area contributed by atoms with Gasteiger partial charge in [0.05, 0.1) is 0 Å². The highest BCUT2D eigenvalue weighted by Gasteiger charge is 1.91. The van der Waals surface area contributed by atoms with E-state index in [0.29, 0.717) is 11.7 Å². The van der Waals surface area contributed by atoms with Crippen molar-refractivity contribution < 1.29 is 0 Å². The standard InChI is InChI=1S/C9H11ClN2/c10-6-2-1-4-8-5-3-7-12-9(8)11/h1,3-5,7H,2,6H2,(H2,11,12)/b4-1+. The number of allylic oxidation sites excluding steroid dienone is 1. The molecular weight excluding hydrogens is 172 g/mol. The number of hydrogen-bond acceptors (Lipinski definition) is 2. The summed E-state index contributed by atoms with van der Waals surface area (Å²) in [7, 11) is 0. The third-order valence-corrected chi connectivity index (χ3v) is 1.66. The fourth-order valence-corrected chi connectivity index (χ4v) is 0.970. The van der Waals surface area contributed by atoms with E-state index in [1.165, 1.54) is 0 Å². The van der Waals surface area contributed by atoms with Gasteiger partial charge in [-0.25, -0.2) is 4.98 Å². The fourth-order valence-electron chi connectivity index (χ4n) is 0.844. The molecule has 0 aliphatic heterocycles. The quantitative estimate of drug-likeness (QED) is 0.729. The monoisotopic (exact) mass is 182 g/mol. The number of anilines is 1. The molecule has 0 bridgehead atoms. The first-order valence-corrected chi connectivity index (χ1v) is 4.31. The predicted molar refractivity (Wildman–Crippen MR) is 53.0 cm³/mol. The highest BCUT2D eigenvalue weighted by atomic mass is 35.5. The molecule has 0 spiro atoms. The molecule has 2 nitrogen and oxygen atoms in total. The van der Waals surface area contributed by atoms with Crippen LogP contribution in [-0.2, 0) is 0 Å². The van der Waals surface area contributed by atoms with E-state index in [1.807, 2.05) is 24.3 Å². The summed E-state index contributed by atoms with van der Waals surface area (Å²) < 4.78 is 0. The van der Waals surface area contributed by atoms with E-state index in [0.717, 1.165) is 12.0 Å². The molecule has 0 saturated heterocycles. The zero-order valence-electron chi connectivity index (χ0n) is 6.70. The summed E-state index contributed by atoms with van der Waals surface area (Å²) in [6.45, 7) is 0. The third-order valence-electron chi connectivity index (χ3n) is 1.44. The Kier molecular flexibility index (Phi) is 3.61. The topological polar surface area (TPSA) is 38.9 Å². The van der Waals surface area contributed by atoms with Gasteiger partial charge in [0.25, 0.3) is 0 Å². The minimum absolute atomic E-state index is 0.559. The molecule has 0 aliphatic rings. The molecule has 0 fully saturated rings. The molecule has 0 radical (unpaired) electrons. The molecule has 1 aromatic heterocycles. The van der Waals surface area contributed by atoms with E-state index in [-0.39, 0.29) is 0 Å². The van der Waals surface area contributed by atoms with Gasteiger partial charge in [0.1, 0.15) is 5.82 Å². The van der Waals surface area contributed by atoms with Gasteiger partial charge in [-0.05, 0) is 18.6 Å². The van der Waals surface area contributed by atoms with Crippen molar-refractivity contribution in [1.29, 1.82) is 0 Å². The van der Waals surface area contributed by atoms with Crippen LogP contribution in [0.15, 0.2) is 24.4 Å². The summed E-state index contributed by atoms with van der Waals surface area (Å²) >= 11 is 5.51. The molecule has 0 saturated carbocycles. The van der Waals surface area contributed by atoms with Gasteiger partial charge in [0, 0.05) is 17.6 Å². The fraction of sp³-hybridized carbons (Fsp3) is 0.222. The van der Waals surface area contributed by atoms with Gasteiger partial charge in [-0.15, -0.1) is 11.6 Å². The largest absolute Gasteiger partial charge is 0.383 e. The van der Waals surface area contributed by atoms with Crippen LogP contribution in [0.3, 0.4) is 0 Å². The summed E-state index contributed by atoms with van der Waals surface area (Å²) in [4.78, 5) is 3.95. The van der Waals surface area contributed by atoms with Crippen LogP contribution in [-0.4, -0.2) is 10.9 Å². The van der Waals surface area contributed by atoms with Crippen molar-refractivity contribution in [3.63, 3.8) is 0 Å². The van der Waals surface area contributed by atoms with Gasteiger partial charge in [0.2, 0.25) is 0 Å². The molecule has 64 valence electrons. The van der Waals surface area contributed by atoms with E-state index >= 15 is 0 Å². The number of nitrogens with two attached hydrogens (primary N) is 1. The maximum atomic E-state index is 5.61. The Morgan fingerprint density at radius 1 is 1.58 bits per heavy atom. The van der Waals surface area contributed by atoms with Crippen LogP contribution in [0.25, 0.3) is 6.08 Å². The number of nitrogens with zero attached hydrogens (tertiary/aromatic N) is 1. The lowest BCUT2D eigenvalue weighted by atomic mass is 10.2. The summed E-state index contributed by atoms with van der Waals surface area (Å²) in [5, 5.41) is 0. The minimum atomic E-state index is 0.559. The van der Waals surface area contributed by atoms with Gasteiger partial charge in [-0.2, -0.15) is 0 Å². The molecule has 0 aromatic carbocycles. The Bertz CT molecular complexity index is 271. The first-order valence-electron chi connectivity index (χ1n) is 3.77. The van der Waals surface area contributed by atoms with Crippen molar-refractivity contribution in [1.82, 2.24) is 4.98 Å². The second-order valence-electron chi connectivity index (χ2n) is 2.36. The van der Waals surface area contributed by atoms with Gasteiger partial charge in [-0.1, -0.05) is 12.2 Å². The number of alkyl halides is 1. The molecule has 2 N–H and O–H groups in total. The second kappa shape index (κ2) is 4.78. The van der Waals surface area contributed by atoms with Crippen molar-refractivity contribution in [2.45, 2.75) is 6.42 Å². The first kappa shape index (κ1) is 9.07. The predicted octanol–water partition coefficient (Wildman–Crippen LogP) is 2.31. The summed E-state index contributed by atoms with van der Waals surface area (Å²) in [6, 6.07) is 3.78. The van der Waals surface area contributed by atoms with Gasteiger partial charge >= 0.3 is 0 Å². The molecule has 0 atom stereocenters. The highest BCUT2D eigenvalue weighted by Crippen LogP contribution is 2.09. The summed E-state index contributed by atoms with van der Waals surface area (Å²) in [6.07, 6.45) is 6.45. The van der Waals surface area contributed by atoms with Crippen LogP contribution in [0.1, 0.15) is 12.0 Å². The number of nitrogen functional groups attached to an aromatic ring is 1. The zero-order valence-corrected chi connectivity index (χ0v) is 7.46. The van der Waals surface area contributed by atoms with E-state index in [4.69, 9.17) is 17.3 Å². The maximum absolute atomic E-state index is 5.61. The summed E-state index contributed by atoms with van der Waals surface area (Å²) in [5.41, 5.74) is 6.55. The van der Waals surface area contributed by atoms with Crippen molar-refractivity contribution in [3.8, 4) is 0 Å². The number of aromatic nitrogens is 1. The Balaban J connectivity index is 2.68. The molecule has 1 aromatic rings. The molecule has 0 amide bonds. The van der Waals surface area contributed by atoms with Gasteiger partial charge < -0.3 is 5.73 Å². The SMILES string of the molecule is Nc1ncccc1/C=C/CCCl. The van der Waals surface area contributed by atoms with Crippen molar-refractivity contribution >= 4 is 23.5 Å². The smallest absolute Gasteiger partial charge is 0.130 e. The van der Waals surface area contributed by atoms with E-state index in [9.17, 15) is 0 Å². The van der Waals surface area contributed by atoms with Crippen LogP contribution in [0.2, 0.25) is 0 Å². The third kappa shape index (κ3) is 2.55. The van der Waals surface area contributed by atoms with Crippen molar-refractivity contribution in [2.75, 3.05) is 11.6 Å². The molecule has 1 heterocycles. The lowest BCUT2D eigenvalue weighted by Crippen LogP contribution is -1.91. The highest BCUT2D eigenvalue weighted by molar-refractivity contribution is 6.17. The number of hydrogen-bond donors (Lipinski definition) is 1. The molecule has 0 aliphatic carbocycles. The average molecular weight is 183 g/mol. The number of halogens is 1. The maximum Gasteiger partial charge on any atom is 0.130 e. The Morgan fingerprint density at radius 2 is 2.42 bits per heavy atom. The average Bonchev–Trinajstić information content (AvgIpc) is 2.09. The zero-order chi connectivity index (χ0) is 8.81. The van der Waals surface area contributed by atoms with E-state index in [2.05, 4.69) is 4.98 Å². The molecule has 12 heavy (non-hydrogen) atoms. The van der Waals surface area contributed by atoms with Crippen LogP contribution in [0.5, 0.6) is 0 Å². The number of pyridine rings is 1. The molecular formula is C9H11ClN2. The van der Waals surface area contributed by atoms with E-state index < -0.39 is 0 Å². The first-order chi connectivity index (χ1) is 5.84. The van der Waals surface area contributed by atoms with Crippen LogP contribution in [0.4, 0.5) is 5.82 Å². The number of rotatable bonds is 3. The van der Waals surface area contributed by atoms with Crippen LogP contribution in [0, 0.1) is 0 Å². The summed E-state index contributed by atoms with van der Waals surface area (Å²) in [5.74, 6) is 1.19.